The SMILES string of the molecule is C=C(C)CS1(C(F)(F)S(=O)(=O)OF)CCCC1. The van der Waals surface area contributed by atoms with Gasteiger partial charge in [-0.15, -0.1) is 0 Å². The molecule has 102 valence electrons. The van der Waals surface area contributed by atoms with Crippen LogP contribution in [0.1, 0.15) is 19.8 Å². The van der Waals surface area contributed by atoms with E-state index >= 15 is 0 Å². The molecule has 0 aromatic carbocycles. The first-order chi connectivity index (χ1) is 7.68. The number of hydrogen-bond donors (Lipinski definition) is 0. The third kappa shape index (κ3) is 2.48. The normalized spacial score (nSPS) is 22.4. The second-order valence-corrected chi connectivity index (χ2v) is 9.76. The molecule has 0 aromatic heterocycles. The van der Waals surface area contributed by atoms with Gasteiger partial charge in [-0.1, -0.05) is 16.5 Å². The van der Waals surface area contributed by atoms with Gasteiger partial charge in [0.05, 0.1) is 0 Å². The van der Waals surface area contributed by atoms with Crippen molar-refractivity contribution in [1.29, 1.82) is 0 Å². The fourth-order valence-corrected chi connectivity index (χ4v) is 8.20. The first-order valence-electron chi connectivity index (χ1n) is 5.01. The van der Waals surface area contributed by atoms with Gasteiger partial charge in [-0.05, 0) is 35.8 Å². The van der Waals surface area contributed by atoms with Crippen LogP contribution in [0.4, 0.5) is 13.3 Å². The van der Waals surface area contributed by atoms with E-state index in [-0.39, 0.29) is 17.3 Å². The maximum absolute atomic E-state index is 14.0. The lowest BCUT2D eigenvalue weighted by Crippen LogP contribution is -2.38. The summed E-state index contributed by atoms with van der Waals surface area (Å²) < 4.78 is 60.2. The van der Waals surface area contributed by atoms with Crippen LogP contribution >= 0.6 is 10.0 Å². The van der Waals surface area contributed by atoms with Crippen LogP contribution in [0.25, 0.3) is 0 Å². The highest BCUT2D eigenvalue weighted by atomic mass is 32.3. The summed E-state index contributed by atoms with van der Waals surface area (Å²) in [6, 6.07) is 0. The molecular formula is C9H15F3O3S2. The summed E-state index contributed by atoms with van der Waals surface area (Å²) in [6.45, 7) is 5.10. The zero-order chi connectivity index (χ0) is 13.3. The van der Waals surface area contributed by atoms with Gasteiger partial charge in [-0.2, -0.15) is 27.2 Å². The molecule has 0 aromatic rings. The molecule has 0 aliphatic carbocycles. The molecule has 1 aliphatic heterocycles. The average Bonchev–Trinajstić information content (AvgIpc) is 2.66. The van der Waals surface area contributed by atoms with Crippen LogP contribution in [-0.2, 0) is 14.5 Å². The summed E-state index contributed by atoms with van der Waals surface area (Å²) >= 11 is 0. The molecule has 0 radical (unpaired) electrons. The van der Waals surface area contributed by atoms with Crippen molar-refractivity contribution in [3.8, 4) is 0 Å². The van der Waals surface area contributed by atoms with Crippen LogP contribution in [0.3, 0.4) is 0 Å². The minimum absolute atomic E-state index is 0.0669. The molecule has 0 N–H and O–H groups in total. The molecule has 1 aliphatic rings. The number of halogens is 3. The molecule has 1 saturated heterocycles. The van der Waals surface area contributed by atoms with Gasteiger partial charge in [-0.3, -0.25) is 0 Å². The van der Waals surface area contributed by atoms with Crippen molar-refractivity contribution in [3.05, 3.63) is 12.2 Å². The average molecular weight is 292 g/mol. The van der Waals surface area contributed by atoms with Gasteiger partial charge in [0.15, 0.2) is 0 Å². The van der Waals surface area contributed by atoms with Crippen LogP contribution in [0, 0.1) is 0 Å². The summed E-state index contributed by atoms with van der Waals surface area (Å²) in [4.78, 5) is 0. The van der Waals surface area contributed by atoms with Crippen LogP contribution in [0.2, 0.25) is 0 Å². The third-order valence-electron chi connectivity index (χ3n) is 2.72. The highest BCUT2D eigenvalue weighted by Crippen LogP contribution is 2.67. The van der Waals surface area contributed by atoms with Crippen LogP contribution in [0.5, 0.6) is 0 Å². The lowest BCUT2D eigenvalue weighted by atomic mass is 10.4. The maximum atomic E-state index is 14.0. The minimum atomic E-state index is -5.49. The number of alkyl halides is 2. The Bertz CT molecular complexity index is 400. The third-order valence-corrected chi connectivity index (χ3v) is 9.34. The van der Waals surface area contributed by atoms with Crippen molar-refractivity contribution >= 4 is 20.1 Å². The van der Waals surface area contributed by atoms with E-state index in [4.69, 9.17) is 0 Å². The van der Waals surface area contributed by atoms with Crippen LogP contribution in [-0.4, -0.2) is 30.3 Å². The van der Waals surface area contributed by atoms with Crippen molar-refractivity contribution in [3.63, 3.8) is 0 Å². The number of hydrogen-bond acceptors (Lipinski definition) is 3. The van der Waals surface area contributed by atoms with E-state index in [0.717, 1.165) is 0 Å². The van der Waals surface area contributed by atoms with E-state index in [1.54, 1.807) is 6.92 Å². The van der Waals surface area contributed by atoms with Gasteiger partial charge in [0.2, 0.25) is 0 Å². The van der Waals surface area contributed by atoms with E-state index in [1.807, 2.05) is 0 Å². The highest BCUT2D eigenvalue weighted by molar-refractivity contribution is 8.39. The fraction of sp³-hybridized carbons (Fsp3) is 0.778. The van der Waals surface area contributed by atoms with Gasteiger partial charge in [0.25, 0.3) is 0 Å². The van der Waals surface area contributed by atoms with E-state index < -0.39 is 24.7 Å². The first-order valence-corrected chi connectivity index (χ1v) is 8.56. The van der Waals surface area contributed by atoms with Crippen molar-refractivity contribution in [1.82, 2.24) is 0 Å². The maximum Gasteiger partial charge on any atom is 0.405 e. The molecular weight excluding hydrogens is 277 g/mol. The van der Waals surface area contributed by atoms with E-state index in [1.165, 1.54) is 0 Å². The van der Waals surface area contributed by atoms with Crippen LogP contribution < -0.4 is 0 Å². The largest absolute Gasteiger partial charge is 0.405 e. The second-order valence-electron chi connectivity index (χ2n) is 4.24. The van der Waals surface area contributed by atoms with Gasteiger partial charge in [0.1, 0.15) is 0 Å². The Morgan fingerprint density at radius 3 is 2.24 bits per heavy atom. The van der Waals surface area contributed by atoms with Gasteiger partial charge >= 0.3 is 14.7 Å². The molecule has 0 amide bonds. The lowest BCUT2D eigenvalue weighted by molar-refractivity contribution is -0.0124. The van der Waals surface area contributed by atoms with Crippen molar-refractivity contribution in [2.45, 2.75) is 24.4 Å². The molecule has 0 bridgehead atoms. The van der Waals surface area contributed by atoms with Gasteiger partial charge < -0.3 is 0 Å². The molecule has 17 heavy (non-hydrogen) atoms. The standard InChI is InChI=1S/C9H15F3O3S2/c1-8(2)7-16(5-3-4-6-16)9(10,11)17(13,14)15-12/h1,3-7H2,2H3. The fourth-order valence-electron chi connectivity index (χ4n) is 2.05. The topological polar surface area (TPSA) is 43.4 Å². The molecule has 0 atom stereocenters. The summed E-state index contributed by atoms with van der Waals surface area (Å²) in [7, 11) is -8.28. The summed E-state index contributed by atoms with van der Waals surface area (Å²) in [5.41, 5.74) is 0.482. The van der Waals surface area contributed by atoms with Gasteiger partial charge in [0, 0.05) is 5.75 Å². The predicted molar refractivity (Wildman–Crippen MR) is 62.3 cm³/mol. The number of rotatable bonds is 5. The van der Waals surface area contributed by atoms with E-state index in [0.29, 0.717) is 18.4 Å². The summed E-state index contributed by atoms with van der Waals surface area (Å²) in [5, 5.41) is 0. The molecule has 0 unspecified atom stereocenters. The molecule has 3 nitrogen and oxygen atoms in total. The minimum Gasteiger partial charge on any atom is -0.189 e. The van der Waals surface area contributed by atoms with Crippen molar-refractivity contribution < 1.29 is 26.1 Å². The second kappa shape index (κ2) is 4.81. The van der Waals surface area contributed by atoms with Crippen molar-refractivity contribution in [2.75, 3.05) is 17.3 Å². The van der Waals surface area contributed by atoms with Crippen LogP contribution in [0.15, 0.2) is 12.2 Å². The van der Waals surface area contributed by atoms with Gasteiger partial charge in [-0.25, -0.2) is 0 Å². The zero-order valence-electron chi connectivity index (χ0n) is 9.42. The molecule has 1 fully saturated rings. The quantitative estimate of drug-likeness (QED) is 0.732. The lowest BCUT2D eigenvalue weighted by Gasteiger charge is -2.40. The summed E-state index contributed by atoms with van der Waals surface area (Å²) in [6.07, 6.45) is 1.06. The Morgan fingerprint density at radius 1 is 1.41 bits per heavy atom. The smallest absolute Gasteiger partial charge is 0.189 e. The first kappa shape index (κ1) is 14.8. The Hall–Kier alpha value is -0.210. The Morgan fingerprint density at radius 2 is 1.88 bits per heavy atom. The Balaban J connectivity index is 3.19. The molecule has 0 spiro atoms. The molecule has 1 heterocycles. The summed E-state index contributed by atoms with van der Waals surface area (Å²) in [5.74, 6) is 0.146. The van der Waals surface area contributed by atoms with Crippen molar-refractivity contribution in [2.24, 2.45) is 0 Å². The predicted octanol–water partition coefficient (Wildman–Crippen LogP) is 2.94. The van der Waals surface area contributed by atoms with E-state index in [2.05, 4.69) is 11.0 Å². The van der Waals surface area contributed by atoms with E-state index in [9.17, 15) is 21.7 Å². The Labute approximate surface area is 100 Å². The highest BCUT2D eigenvalue weighted by Gasteiger charge is 2.61. The molecule has 8 heteroatoms. The zero-order valence-corrected chi connectivity index (χ0v) is 11.1. The molecule has 1 rings (SSSR count). The molecule has 0 saturated carbocycles. The monoisotopic (exact) mass is 292 g/mol. The Kier molecular flexibility index (Phi) is 4.20.